The largest absolute Gasteiger partial charge is 0.410 e. The van der Waals surface area contributed by atoms with E-state index >= 15 is 0 Å². The van der Waals surface area contributed by atoms with Gasteiger partial charge in [-0.25, -0.2) is 4.79 Å². The van der Waals surface area contributed by atoms with Gasteiger partial charge in [0.1, 0.15) is 0 Å². The number of ether oxygens (including phenoxy) is 1. The van der Waals surface area contributed by atoms with Gasteiger partial charge in [-0.05, 0) is 18.0 Å². The van der Waals surface area contributed by atoms with Gasteiger partial charge in [0.05, 0.1) is 4.92 Å². The average Bonchev–Trinajstić information content (AvgIpc) is 2.52. The van der Waals surface area contributed by atoms with Gasteiger partial charge >= 0.3 is 11.8 Å². The van der Waals surface area contributed by atoms with E-state index in [0.29, 0.717) is 5.56 Å². The molecule has 1 fully saturated rings. The van der Waals surface area contributed by atoms with Gasteiger partial charge in [-0.3, -0.25) is 10.1 Å². The zero-order valence-corrected chi connectivity index (χ0v) is 15.2. The Hall–Kier alpha value is -2.35. The van der Waals surface area contributed by atoms with Crippen molar-refractivity contribution in [3.8, 4) is 5.75 Å². The fourth-order valence-corrected chi connectivity index (χ4v) is 3.04. The van der Waals surface area contributed by atoms with Gasteiger partial charge in [-0.2, -0.15) is 0 Å². The maximum atomic E-state index is 11.6. The Labute approximate surface area is 147 Å². The molecule has 1 aromatic rings. The van der Waals surface area contributed by atoms with Gasteiger partial charge in [0, 0.05) is 43.5 Å². The lowest BCUT2D eigenvalue weighted by Gasteiger charge is -2.36. The van der Waals surface area contributed by atoms with E-state index in [1.165, 1.54) is 0 Å². The number of piperazine rings is 1. The summed E-state index contributed by atoms with van der Waals surface area (Å²) in [6, 6.07) is 3.37. The van der Waals surface area contributed by atoms with Crippen molar-refractivity contribution in [1.29, 1.82) is 0 Å². The summed E-state index contributed by atoms with van der Waals surface area (Å²) in [5.74, 6) is -0.0992. The van der Waals surface area contributed by atoms with E-state index < -0.39 is 16.4 Å². The SMILES string of the molecule is CCN1CCN(c2cc(OC(N)=O)c([N+](=O)[O-])c(C(C)(C)C)c2)CC1. The summed E-state index contributed by atoms with van der Waals surface area (Å²) in [4.78, 5) is 26.8. The summed E-state index contributed by atoms with van der Waals surface area (Å²) in [6.07, 6.45) is -1.06. The highest BCUT2D eigenvalue weighted by Crippen LogP contribution is 2.41. The van der Waals surface area contributed by atoms with E-state index in [2.05, 4.69) is 16.7 Å². The number of rotatable bonds is 4. The zero-order chi connectivity index (χ0) is 18.8. The Bertz CT molecular complexity index is 661. The number of carbonyl (C=O) groups excluding carboxylic acids is 1. The van der Waals surface area contributed by atoms with Crippen LogP contribution in [0.25, 0.3) is 0 Å². The van der Waals surface area contributed by atoms with Crippen LogP contribution in [-0.4, -0.2) is 48.6 Å². The Balaban J connectivity index is 2.51. The van der Waals surface area contributed by atoms with E-state index in [4.69, 9.17) is 10.5 Å². The van der Waals surface area contributed by atoms with Crippen molar-refractivity contribution in [2.75, 3.05) is 37.6 Å². The molecule has 2 N–H and O–H groups in total. The molecule has 0 bridgehead atoms. The van der Waals surface area contributed by atoms with Crippen molar-refractivity contribution >= 4 is 17.5 Å². The first kappa shape index (κ1) is 19.0. The lowest BCUT2D eigenvalue weighted by Crippen LogP contribution is -2.46. The third kappa shape index (κ3) is 4.39. The van der Waals surface area contributed by atoms with Crippen molar-refractivity contribution in [1.82, 2.24) is 4.90 Å². The molecule has 2 rings (SSSR count). The highest BCUT2D eigenvalue weighted by Gasteiger charge is 2.32. The van der Waals surface area contributed by atoms with Gasteiger partial charge in [-0.15, -0.1) is 0 Å². The number of likely N-dealkylation sites (N-methyl/N-ethyl adjacent to an activating group) is 1. The summed E-state index contributed by atoms with van der Waals surface area (Å²) in [5.41, 5.74) is 5.75. The molecule has 1 heterocycles. The summed E-state index contributed by atoms with van der Waals surface area (Å²) < 4.78 is 4.98. The Kier molecular flexibility index (Phi) is 5.52. The maximum Gasteiger partial charge on any atom is 0.410 e. The first-order valence-electron chi connectivity index (χ1n) is 8.41. The Morgan fingerprint density at radius 2 is 1.88 bits per heavy atom. The number of nitro groups is 1. The van der Waals surface area contributed by atoms with Gasteiger partial charge in [0.25, 0.3) is 0 Å². The topological polar surface area (TPSA) is 102 Å². The zero-order valence-electron chi connectivity index (χ0n) is 15.2. The predicted octanol–water partition coefficient (Wildman–Crippen LogP) is 2.49. The first-order chi connectivity index (χ1) is 11.6. The van der Waals surface area contributed by atoms with Crippen LogP contribution in [0.15, 0.2) is 12.1 Å². The number of nitrogens with two attached hydrogens (primary N) is 1. The van der Waals surface area contributed by atoms with Crippen molar-refractivity contribution in [2.24, 2.45) is 5.73 Å². The highest BCUT2D eigenvalue weighted by atomic mass is 16.6. The van der Waals surface area contributed by atoms with E-state index in [0.717, 1.165) is 38.4 Å². The average molecular weight is 350 g/mol. The van der Waals surface area contributed by atoms with Crippen LogP contribution in [-0.2, 0) is 5.41 Å². The molecule has 25 heavy (non-hydrogen) atoms. The monoisotopic (exact) mass is 350 g/mol. The Morgan fingerprint density at radius 1 is 1.28 bits per heavy atom. The van der Waals surface area contributed by atoms with E-state index in [1.807, 2.05) is 26.8 Å². The van der Waals surface area contributed by atoms with Crippen molar-refractivity contribution in [3.63, 3.8) is 0 Å². The molecular weight excluding hydrogens is 324 g/mol. The number of benzene rings is 1. The lowest BCUT2D eigenvalue weighted by molar-refractivity contribution is -0.386. The summed E-state index contributed by atoms with van der Waals surface area (Å²) >= 11 is 0. The van der Waals surface area contributed by atoms with Crippen LogP contribution in [0, 0.1) is 10.1 Å². The number of nitro benzene ring substituents is 1. The number of hydrogen-bond acceptors (Lipinski definition) is 6. The maximum absolute atomic E-state index is 11.6. The highest BCUT2D eigenvalue weighted by molar-refractivity contribution is 5.74. The third-order valence-corrected chi connectivity index (χ3v) is 4.45. The Morgan fingerprint density at radius 3 is 2.32 bits per heavy atom. The van der Waals surface area contributed by atoms with Gasteiger partial charge in [0.2, 0.25) is 5.75 Å². The number of anilines is 1. The molecule has 1 aliphatic rings. The van der Waals surface area contributed by atoms with E-state index in [9.17, 15) is 14.9 Å². The van der Waals surface area contributed by atoms with Crippen molar-refractivity contribution in [2.45, 2.75) is 33.1 Å². The summed E-state index contributed by atoms with van der Waals surface area (Å²) in [6.45, 7) is 12.3. The third-order valence-electron chi connectivity index (χ3n) is 4.45. The molecular formula is C17H26N4O4. The number of primary amides is 1. The molecule has 1 amide bonds. The quantitative estimate of drug-likeness (QED) is 0.661. The van der Waals surface area contributed by atoms with Gasteiger partial charge in [0.15, 0.2) is 0 Å². The normalized spacial score (nSPS) is 15.9. The molecule has 0 saturated carbocycles. The molecule has 1 saturated heterocycles. The van der Waals surface area contributed by atoms with Gasteiger partial charge < -0.3 is 20.3 Å². The van der Waals surface area contributed by atoms with Crippen molar-refractivity contribution < 1.29 is 14.5 Å². The predicted molar refractivity (Wildman–Crippen MR) is 96.3 cm³/mol. The first-order valence-corrected chi connectivity index (χ1v) is 8.41. The summed E-state index contributed by atoms with van der Waals surface area (Å²) in [5, 5.41) is 11.6. The molecule has 1 aliphatic heterocycles. The molecule has 0 aromatic heterocycles. The van der Waals surface area contributed by atoms with Crippen LogP contribution in [0.4, 0.5) is 16.2 Å². The van der Waals surface area contributed by atoms with Crippen LogP contribution in [0.3, 0.4) is 0 Å². The smallest absolute Gasteiger partial charge is 0.403 e. The standard InChI is InChI=1S/C17H26N4O4/c1-5-19-6-8-20(9-7-19)12-10-13(17(2,3)4)15(21(23)24)14(11-12)25-16(18)22/h10-11H,5-9H2,1-4H3,(H2,18,22). The number of hydrogen-bond donors (Lipinski definition) is 1. The molecule has 0 spiro atoms. The molecule has 0 radical (unpaired) electrons. The molecule has 8 heteroatoms. The van der Waals surface area contributed by atoms with Crippen LogP contribution in [0.1, 0.15) is 33.3 Å². The molecule has 138 valence electrons. The van der Waals surface area contributed by atoms with Crippen LogP contribution >= 0.6 is 0 Å². The molecule has 0 unspecified atom stereocenters. The van der Waals surface area contributed by atoms with Crippen LogP contribution in [0.5, 0.6) is 5.75 Å². The minimum Gasteiger partial charge on any atom is -0.403 e. The van der Waals surface area contributed by atoms with Crippen LogP contribution < -0.4 is 15.4 Å². The van der Waals surface area contributed by atoms with Gasteiger partial charge in [-0.1, -0.05) is 27.7 Å². The molecule has 0 aliphatic carbocycles. The minimum absolute atomic E-state index is 0.0992. The number of amides is 1. The fraction of sp³-hybridized carbons (Fsp3) is 0.588. The second-order valence-electron chi connectivity index (χ2n) is 7.19. The molecule has 8 nitrogen and oxygen atoms in total. The molecule has 1 aromatic carbocycles. The molecule has 0 atom stereocenters. The minimum atomic E-state index is -1.06. The second-order valence-corrected chi connectivity index (χ2v) is 7.19. The number of nitrogens with zero attached hydrogens (tertiary/aromatic N) is 3. The number of carbonyl (C=O) groups is 1. The van der Waals surface area contributed by atoms with E-state index in [1.54, 1.807) is 6.07 Å². The van der Waals surface area contributed by atoms with Crippen molar-refractivity contribution in [3.05, 3.63) is 27.8 Å². The second kappa shape index (κ2) is 7.26. The van der Waals surface area contributed by atoms with E-state index in [-0.39, 0.29) is 11.4 Å². The summed E-state index contributed by atoms with van der Waals surface area (Å²) in [7, 11) is 0. The lowest BCUT2D eigenvalue weighted by atomic mass is 9.85. The fourth-order valence-electron chi connectivity index (χ4n) is 3.04. The van der Waals surface area contributed by atoms with Crippen LogP contribution in [0.2, 0.25) is 0 Å².